The van der Waals surface area contributed by atoms with Gasteiger partial charge in [-0.1, -0.05) is 24.3 Å². The van der Waals surface area contributed by atoms with Crippen molar-refractivity contribution in [1.82, 2.24) is 0 Å². The predicted molar refractivity (Wildman–Crippen MR) is 115 cm³/mol. The number of carbonyl (C=O) groups is 1. The van der Waals surface area contributed by atoms with E-state index in [-0.39, 0.29) is 18.2 Å². The molecule has 0 unspecified atom stereocenters. The first kappa shape index (κ1) is 21.0. The Bertz CT molecular complexity index is 798. The van der Waals surface area contributed by atoms with Crippen molar-refractivity contribution in [2.75, 3.05) is 7.11 Å². The van der Waals surface area contributed by atoms with Gasteiger partial charge < -0.3 is 14.2 Å². The minimum Gasteiger partial charge on any atom is -0.497 e. The van der Waals surface area contributed by atoms with Crippen molar-refractivity contribution in [3.63, 3.8) is 0 Å². The molecule has 0 aliphatic heterocycles. The highest BCUT2D eigenvalue weighted by Gasteiger charge is 2.24. The molecule has 2 aromatic carbocycles. The van der Waals surface area contributed by atoms with Crippen LogP contribution in [0.15, 0.2) is 54.6 Å². The summed E-state index contributed by atoms with van der Waals surface area (Å²) in [6, 6.07) is 16.0. The smallest absolute Gasteiger partial charge is 0.331 e. The zero-order chi connectivity index (χ0) is 20.6. The first-order chi connectivity index (χ1) is 14.0. The maximum absolute atomic E-state index is 12.1. The molecule has 1 saturated carbocycles. The Hall–Kier alpha value is -2.75. The minimum atomic E-state index is -0.278. The number of ether oxygens (including phenoxy) is 3. The maximum Gasteiger partial charge on any atom is 0.331 e. The van der Waals surface area contributed by atoms with Crippen molar-refractivity contribution >= 4 is 12.0 Å². The van der Waals surface area contributed by atoms with Crippen LogP contribution in [0.5, 0.6) is 11.5 Å². The third-order valence-electron chi connectivity index (χ3n) is 5.21. The molecular formula is C25H30O4. The van der Waals surface area contributed by atoms with Gasteiger partial charge in [0.05, 0.1) is 13.2 Å². The summed E-state index contributed by atoms with van der Waals surface area (Å²) >= 11 is 0. The van der Waals surface area contributed by atoms with Crippen molar-refractivity contribution in [1.29, 1.82) is 0 Å². The molecule has 1 aliphatic carbocycles. The summed E-state index contributed by atoms with van der Waals surface area (Å²) in [7, 11) is 1.63. The largest absolute Gasteiger partial charge is 0.497 e. The van der Waals surface area contributed by atoms with Crippen LogP contribution in [0.1, 0.15) is 56.6 Å². The van der Waals surface area contributed by atoms with E-state index in [4.69, 9.17) is 14.2 Å². The summed E-state index contributed by atoms with van der Waals surface area (Å²) in [5, 5.41) is 0. The second-order valence-electron chi connectivity index (χ2n) is 7.75. The van der Waals surface area contributed by atoms with Crippen LogP contribution in [0.2, 0.25) is 0 Å². The summed E-state index contributed by atoms with van der Waals surface area (Å²) in [5.74, 6) is 1.95. The van der Waals surface area contributed by atoms with Crippen LogP contribution in [-0.4, -0.2) is 25.3 Å². The average Bonchev–Trinajstić information content (AvgIpc) is 2.73. The van der Waals surface area contributed by atoms with Crippen LogP contribution in [0.4, 0.5) is 0 Å². The van der Waals surface area contributed by atoms with Crippen molar-refractivity contribution in [3.8, 4) is 11.5 Å². The quantitative estimate of drug-likeness (QED) is 0.442. The Morgan fingerprint density at radius 2 is 1.55 bits per heavy atom. The van der Waals surface area contributed by atoms with Crippen LogP contribution in [0, 0.1) is 0 Å². The van der Waals surface area contributed by atoms with E-state index in [9.17, 15) is 4.79 Å². The Kier molecular flexibility index (Phi) is 7.34. The van der Waals surface area contributed by atoms with Crippen LogP contribution in [0.25, 0.3) is 6.08 Å². The van der Waals surface area contributed by atoms with Crippen LogP contribution >= 0.6 is 0 Å². The normalized spacial score (nSPS) is 19.3. The van der Waals surface area contributed by atoms with Gasteiger partial charge >= 0.3 is 5.97 Å². The van der Waals surface area contributed by atoms with Gasteiger partial charge in [-0.25, -0.2) is 4.79 Å². The molecule has 2 aromatic rings. The summed E-state index contributed by atoms with van der Waals surface area (Å²) in [6.45, 7) is 4.06. The van der Waals surface area contributed by atoms with Gasteiger partial charge in [0.1, 0.15) is 17.6 Å². The molecular weight excluding hydrogens is 364 g/mol. The average molecular weight is 395 g/mol. The van der Waals surface area contributed by atoms with Gasteiger partial charge in [0.2, 0.25) is 0 Å². The lowest BCUT2D eigenvalue weighted by Gasteiger charge is -2.28. The SMILES string of the molecule is COc1ccc(/C=C/C(=O)OC2CCC(c3ccc(OC(C)C)cc3)CC2)cc1. The van der Waals surface area contributed by atoms with Gasteiger partial charge in [-0.05, 0) is 86.9 Å². The summed E-state index contributed by atoms with van der Waals surface area (Å²) in [6.07, 6.45) is 7.33. The lowest BCUT2D eigenvalue weighted by molar-refractivity contribution is -0.144. The number of hydrogen-bond donors (Lipinski definition) is 0. The molecule has 0 aromatic heterocycles. The number of hydrogen-bond acceptors (Lipinski definition) is 4. The second kappa shape index (κ2) is 10.1. The van der Waals surface area contributed by atoms with Crippen LogP contribution in [-0.2, 0) is 9.53 Å². The Labute approximate surface area is 173 Å². The molecule has 0 saturated heterocycles. The highest BCUT2D eigenvalue weighted by atomic mass is 16.5. The zero-order valence-corrected chi connectivity index (χ0v) is 17.5. The Balaban J connectivity index is 1.45. The molecule has 4 nitrogen and oxygen atoms in total. The van der Waals surface area contributed by atoms with Gasteiger partial charge in [0.25, 0.3) is 0 Å². The molecule has 0 amide bonds. The van der Waals surface area contributed by atoms with Gasteiger partial charge in [-0.3, -0.25) is 0 Å². The molecule has 0 atom stereocenters. The molecule has 0 radical (unpaired) electrons. The third kappa shape index (κ3) is 6.38. The Morgan fingerprint density at radius 1 is 0.931 bits per heavy atom. The lowest BCUT2D eigenvalue weighted by atomic mass is 9.83. The maximum atomic E-state index is 12.1. The first-order valence-corrected chi connectivity index (χ1v) is 10.3. The molecule has 154 valence electrons. The van der Waals surface area contributed by atoms with Crippen molar-refractivity contribution < 1.29 is 19.0 Å². The van der Waals surface area contributed by atoms with Gasteiger partial charge in [0.15, 0.2) is 0 Å². The number of benzene rings is 2. The van der Waals surface area contributed by atoms with E-state index in [1.165, 1.54) is 11.6 Å². The van der Waals surface area contributed by atoms with Gasteiger partial charge in [0, 0.05) is 6.08 Å². The lowest BCUT2D eigenvalue weighted by Crippen LogP contribution is -2.23. The molecule has 3 rings (SSSR count). The third-order valence-corrected chi connectivity index (χ3v) is 5.21. The highest BCUT2D eigenvalue weighted by molar-refractivity contribution is 5.87. The molecule has 29 heavy (non-hydrogen) atoms. The summed E-state index contributed by atoms with van der Waals surface area (Å²) in [5.41, 5.74) is 2.28. The minimum absolute atomic E-state index is 0.00261. The predicted octanol–water partition coefficient (Wildman–Crippen LogP) is 5.77. The summed E-state index contributed by atoms with van der Waals surface area (Å²) < 4.78 is 16.5. The fraction of sp³-hybridized carbons (Fsp3) is 0.400. The number of carbonyl (C=O) groups excluding carboxylic acids is 1. The van der Waals surface area contributed by atoms with E-state index < -0.39 is 0 Å². The highest BCUT2D eigenvalue weighted by Crippen LogP contribution is 2.34. The topological polar surface area (TPSA) is 44.8 Å². The molecule has 1 fully saturated rings. The molecule has 0 spiro atoms. The van der Waals surface area contributed by atoms with Crippen LogP contribution < -0.4 is 9.47 Å². The summed E-state index contributed by atoms with van der Waals surface area (Å²) in [4.78, 5) is 12.1. The van der Waals surface area contributed by atoms with E-state index in [2.05, 4.69) is 12.1 Å². The van der Waals surface area contributed by atoms with E-state index in [0.717, 1.165) is 42.7 Å². The van der Waals surface area contributed by atoms with E-state index in [1.54, 1.807) is 13.2 Å². The fourth-order valence-corrected chi connectivity index (χ4v) is 3.69. The fourth-order valence-electron chi connectivity index (χ4n) is 3.69. The van der Waals surface area contributed by atoms with Crippen molar-refractivity contribution in [3.05, 3.63) is 65.7 Å². The van der Waals surface area contributed by atoms with Crippen molar-refractivity contribution in [2.45, 2.75) is 57.7 Å². The second-order valence-corrected chi connectivity index (χ2v) is 7.75. The van der Waals surface area contributed by atoms with Crippen LogP contribution in [0.3, 0.4) is 0 Å². The van der Waals surface area contributed by atoms with Crippen molar-refractivity contribution in [2.24, 2.45) is 0 Å². The van der Waals surface area contributed by atoms with Gasteiger partial charge in [-0.2, -0.15) is 0 Å². The number of esters is 1. The first-order valence-electron chi connectivity index (χ1n) is 10.3. The number of rotatable bonds is 7. The van der Waals surface area contributed by atoms with E-state index in [1.807, 2.05) is 50.2 Å². The van der Waals surface area contributed by atoms with E-state index in [0.29, 0.717) is 5.92 Å². The standard InChI is InChI=1S/C25H30O4/c1-18(2)28-23-13-7-20(8-14-23)21-9-15-24(16-10-21)29-25(26)17-6-19-4-11-22(27-3)12-5-19/h4-8,11-14,17-18,21,24H,9-10,15-16H2,1-3H3/b17-6+. The Morgan fingerprint density at radius 3 is 2.14 bits per heavy atom. The molecule has 0 bridgehead atoms. The monoisotopic (exact) mass is 394 g/mol. The molecule has 0 N–H and O–H groups in total. The van der Waals surface area contributed by atoms with Gasteiger partial charge in [-0.15, -0.1) is 0 Å². The van der Waals surface area contributed by atoms with E-state index >= 15 is 0 Å². The molecule has 0 heterocycles. The molecule has 4 heteroatoms. The zero-order valence-electron chi connectivity index (χ0n) is 17.5. The number of methoxy groups -OCH3 is 1. The molecule has 1 aliphatic rings.